The highest BCUT2D eigenvalue weighted by Crippen LogP contribution is 2.25. The number of aromatic nitrogens is 2. The summed E-state index contributed by atoms with van der Waals surface area (Å²) in [6.45, 7) is 10.5. The number of ketones is 1. The van der Waals surface area contributed by atoms with Gasteiger partial charge in [0.25, 0.3) is 0 Å². The van der Waals surface area contributed by atoms with Crippen molar-refractivity contribution in [1.82, 2.24) is 14.5 Å². The van der Waals surface area contributed by atoms with Crippen LogP contribution in [0.5, 0.6) is 0 Å². The van der Waals surface area contributed by atoms with Gasteiger partial charge in [-0.05, 0) is 31.0 Å². The number of imidazole rings is 1. The minimum atomic E-state index is -0.654. The molecule has 0 radical (unpaired) electrons. The molecule has 3 rings (SSSR count). The van der Waals surface area contributed by atoms with Crippen LogP contribution in [-0.4, -0.2) is 39.0 Å². The molecule has 1 aromatic heterocycles. The lowest BCUT2D eigenvalue weighted by atomic mass is 10.0. The predicted octanol–water partition coefficient (Wildman–Crippen LogP) is 4.19. The van der Waals surface area contributed by atoms with E-state index in [0.29, 0.717) is 17.9 Å². The summed E-state index contributed by atoms with van der Waals surface area (Å²) in [6, 6.07) is 3.18. The molecule has 2 heterocycles. The Labute approximate surface area is 167 Å². The van der Waals surface area contributed by atoms with Crippen LogP contribution in [0.25, 0.3) is 4.85 Å². The van der Waals surface area contributed by atoms with E-state index in [0.717, 1.165) is 6.07 Å². The summed E-state index contributed by atoms with van der Waals surface area (Å²) in [7, 11) is 0. The van der Waals surface area contributed by atoms with Gasteiger partial charge in [0.2, 0.25) is 5.69 Å². The fourth-order valence-corrected chi connectivity index (χ4v) is 3.28. The van der Waals surface area contributed by atoms with E-state index in [2.05, 4.69) is 15.1 Å². The number of nitrogens with zero attached hydrogens (tertiary/aromatic N) is 4. The van der Waals surface area contributed by atoms with Gasteiger partial charge in [0.05, 0.1) is 31.8 Å². The molecular formula is C20H21F2N5O2. The molecule has 0 saturated heterocycles. The van der Waals surface area contributed by atoms with Crippen LogP contribution >= 0.6 is 0 Å². The molecule has 29 heavy (non-hydrogen) atoms. The fraction of sp³-hybridized carbons (Fsp3) is 0.400. The van der Waals surface area contributed by atoms with E-state index < -0.39 is 24.4 Å². The van der Waals surface area contributed by atoms with Crippen LogP contribution in [0.2, 0.25) is 0 Å². The van der Waals surface area contributed by atoms with E-state index in [9.17, 15) is 18.4 Å². The summed E-state index contributed by atoms with van der Waals surface area (Å²) in [6.07, 6.45) is 1.62. The second kappa shape index (κ2) is 8.39. The maximum atomic E-state index is 13.5. The topological polar surface area (TPSA) is 71.6 Å². The number of alkyl halides is 1. The van der Waals surface area contributed by atoms with Gasteiger partial charge in [0.15, 0.2) is 5.78 Å². The van der Waals surface area contributed by atoms with E-state index in [1.165, 1.54) is 12.1 Å². The van der Waals surface area contributed by atoms with Crippen LogP contribution in [0.3, 0.4) is 0 Å². The number of urea groups is 1. The Kier molecular flexibility index (Phi) is 5.92. The number of rotatable bonds is 5. The van der Waals surface area contributed by atoms with Crippen molar-refractivity contribution in [2.24, 2.45) is 5.92 Å². The summed E-state index contributed by atoms with van der Waals surface area (Å²) < 4.78 is 28.1. The molecule has 2 aromatic rings. The summed E-state index contributed by atoms with van der Waals surface area (Å²) in [5.41, 5.74) is 0.992. The fourth-order valence-electron chi connectivity index (χ4n) is 3.28. The summed E-state index contributed by atoms with van der Waals surface area (Å²) in [5.74, 6) is -1.30. The Hall–Kier alpha value is -3.28. The van der Waals surface area contributed by atoms with Crippen molar-refractivity contribution in [2.75, 3.05) is 12.0 Å². The molecule has 0 unspecified atom stereocenters. The summed E-state index contributed by atoms with van der Waals surface area (Å²) in [5, 5.41) is 2.67. The number of anilines is 1. The smallest absolute Gasteiger partial charge is 0.322 e. The molecule has 0 fully saturated rings. The lowest BCUT2D eigenvalue weighted by Crippen LogP contribution is -2.46. The Bertz CT molecular complexity index is 982. The van der Waals surface area contributed by atoms with E-state index in [1.807, 2.05) is 11.5 Å². The molecule has 2 amide bonds. The van der Waals surface area contributed by atoms with Crippen molar-refractivity contribution in [2.45, 2.75) is 39.4 Å². The number of Topliss-reactive ketones (excluding diaryl/α,β-unsaturated/α-hetero) is 1. The van der Waals surface area contributed by atoms with Crippen molar-refractivity contribution in [1.29, 1.82) is 0 Å². The first-order chi connectivity index (χ1) is 13.8. The third-order valence-electron chi connectivity index (χ3n) is 4.90. The summed E-state index contributed by atoms with van der Waals surface area (Å²) >= 11 is 0. The quantitative estimate of drug-likeness (QED) is 0.603. The number of carbonyl (C=O) groups excluding carboxylic acids is 2. The van der Waals surface area contributed by atoms with Crippen molar-refractivity contribution in [3.05, 3.63) is 53.1 Å². The molecule has 7 nitrogen and oxygen atoms in total. The Morgan fingerprint density at radius 2 is 2.21 bits per heavy atom. The van der Waals surface area contributed by atoms with Gasteiger partial charge in [0, 0.05) is 24.7 Å². The van der Waals surface area contributed by atoms with Gasteiger partial charge in [-0.15, -0.1) is 0 Å². The molecular weight excluding hydrogens is 380 g/mol. The zero-order chi connectivity index (χ0) is 21.1. The first-order valence-electron chi connectivity index (χ1n) is 9.21. The van der Waals surface area contributed by atoms with Crippen LogP contribution in [0, 0.1) is 18.3 Å². The number of fused-ring (bicyclic) bond motifs is 1. The van der Waals surface area contributed by atoms with Gasteiger partial charge >= 0.3 is 6.03 Å². The maximum absolute atomic E-state index is 13.5. The highest BCUT2D eigenvalue weighted by Gasteiger charge is 2.31. The number of benzene rings is 1. The maximum Gasteiger partial charge on any atom is 0.322 e. The van der Waals surface area contributed by atoms with Crippen LogP contribution in [0.1, 0.15) is 36.5 Å². The second-order valence-electron chi connectivity index (χ2n) is 7.26. The highest BCUT2D eigenvalue weighted by atomic mass is 19.1. The third kappa shape index (κ3) is 4.26. The van der Waals surface area contributed by atoms with Gasteiger partial charge in [-0.25, -0.2) is 19.0 Å². The zero-order valence-corrected chi connectivity index (χ0v) is 16.2. The molecule has 152 valence electrons. The number of hydrogen-bond donors (Lipinski definition) is 1. The van der Waals surface area contributed by atoms with Crippen molar-refractivity contribution >= 4 is 23.2 Å². The largest absolute Gasteiger partial charge is 0.330 e. The van der Waals surface area contributed by atoms with E-state index in [1.54, 1.807) is 18.2 Å². The van der Waals surface area contributed by atoms with Crippen LogP contribution in [-0.2, 0) is 13.1 Å². The minimum absolute atomic E-state index is 0.0528. The lowest BCUT2D eigenvalue weighted by Gasteiger charge is -2.34. The third-order valence-corrected chi connectivity index (χ3v) is 4.90. The van der Waals surface area contributed by atoms with E-state index >= 15 is 0 Å². The first-order valence-corrected chi connectivity index (χ1v) is 9.21. The molecule has 0 aliphatic carbocycles. The van der Waals surface area contributed by atoms with Crippen LogP contribution < -0.4 is 5.32 Å². The Morgan fingerprint density at radius 3 is 2.90 bits per heavy atom. The minimum Gasteiger partial charge on any atom is -0.330 e. The summed E-state index contributed by atoms with van der Waals surface area (Å²) in [4.78, 5) is 34.1. The van der Waals surface area contributed by atoms with Crippen molar-refractivity contribution < 1.29 is 18.4 Å². The predicted molar refractivity (Wildman–Crippen MR) is 103 cm³/mol. The average Bonchev–Trinajstić information content (AvgIpc) is 3.11. The number of halogens is 2. The molecule has 1 aliphatic rings. The normalized spacial score (nSPS) is 16.7. The average molecular weight is 401 g/mol. The van der Waals surface area contributed by atoms with Gasteiger partial charge in [-0.2, -0.15) is 0 Å². The first kappa shape index (κ1) is 20.5. The van der Waals surface area contributed by atoms with E-state index in [-0.39, 0.29) is 36.2 Å². The van der Waals surface area contributed by atoms with Crippen LogP contribution in [0.4, 0.5) is 25.0 Å². The van der Waals surface area contributed by atoms with Gasteiger partial charge in [-0.3, -0.25) is 9.18 Å². The Balaban J connectivity index is 1.78. The molecule has 1 aliphatic heterocycles. The number of amides is 2. The van der Waals surface area contributed by atoms with Crippen molar-refractivity contribution in [3.63, 3.8) is 0 Å². The molecule has 1 aromatic carbocycles. The molecule has 2 atom stereocenters. The second-order valence-corrected chi connectivity index (χ2v) is 7.26. The van der Waals surface area contributed by atoms with Gasteiger partial charge < -0.3 is 14.8 Å². The molecule has 0 bridgehead atoms. The molecule has 0 saturated carbocycles. The molecule has 9 heteroatoms. The van der Waals surface area contributed by atoms with Gasteiger partial charge in [-0.1, -0.05) is 6.92 Å². The standard InChI is InChI=1S/C20H21F2N5O2/c1-12(8-21)6-18(28)19-17-10-27(13(2)9-26(17)11-24-19)20(29)25-14-4-5-15(22)16(7-14)23-3/h4-5,7,11-13H,6,8-10H2,1-2H3,(H,25,29)/t12-,13-/m0/s1. The SMILES string of the molecule is [C-]#[N+]c1cc(NC(=O)N2Cc3c(C(=O)C[C@H](C)CF)ncn3C[C@@H]2C)ccc1F. The highest BCUT2D eigenvalue weighted by molar-refractivity contribution is 5.96. The number of nitrogens with one attached hydrogen (secondary N) is 1. The lowest BCUT2D eigenvalue weighted by molar-refractivity contribution is 0.0948. The monoisotopic (exact) mass is 401 g/mol. The van der Waals surface area contributed by atoms with E-state index in [4.69, 9.17) is 6.57 Å². The number of hydrogen-bond acceptors (Lipinski definition) is 3. The van der Waals surface area contributed by atoms with Crippen molar-refractivity contribution in [3.8, 4) is 0 Å². The number of carbonyl (C=O) groups is 2. The zero-order valence-electron chi connectivity index (χ0n) is 16.2. The molecule has 1 N–H and O–H groups in total. The molecule has 0 spiro atoms. The Morgan fingerprint density at radius 1 is 1.45 bits per heavy atom. The van der Waals surface area contributed by atoms with Crippen LogP contribution in [0.15, 0.2) is 24.5 Å². The van der Waals surface area contributed by atoms with Gasteiger partial charge in [0.1, 0.15) is 11.5 Å².